The molecule has 2 aromatic carbocycles. The van der Waals surface area contributed by atoms with Gasteiger partial charge in [0.1, 0.15) is 5.75 Å². The van der Waals surface area contributed by atoms with Crippen molar-refractivity contribution in [1.82, 2.24) is 0 Å². The Balaban J connectivity index is 0.00000151. The van der Waals surface area contributed by atoms with Crippen molar-refractivity contribution in [2.45, 2.75) is 48.0 Å². The summed E-state index contributed by atoms with van der Waals surface area (Å²) in [6.45, 7) is 12.5. The fraction of sp³-hybridized carbons (Fsp3) is 0.409. The second-order valence-corrected chi connectivity index (χ2v) is 6.01. The van der Waals surface area contributed by atoms with Crippen LogP contribution >= 0.6 is 0 Å². The van der Waals surface area contributed by atoms with Gasteiger partial charge in [-0.1, -0.05) is 51.5 Å². The molecule has 1 atom stereocenters. The molecule has 0 aliphatic carbocycles. The summed E-state index contributed by atoms with van der Waals surface area (Å²) in [5.74, 6) is 0.546. The number of ether oxygens (including phenoxy) is 1. The Bertz CT molecular complexity index is 662. The van der Waals surface area contributed by atoms with Crippen LogP contribution in [0.4, 0.5) is 5.69 Å². The van der Waals surface area contributed by atoms with Gasteiger partial charge in [-0.25, -0.2) is 0 Å². The highest BCUT2D eigenvalue weighted by molar-refractivity contribution is 5.92. The Kier molecular flexibility index (Phi) is 8.76. The molecule has 0 saturated carbocycles. The molecule has 0 radical (unpaired) electrons. The third kappa shape index (κ3) is 6.61. The minimum absolute atomic E-state index is 0.0250. The predicted molar refractivity (Wildman–Crippen MR) is 106 cm³/mol. The van der Waals surface area contributed by atoms with Gasteiger partial charge in [-0.3, -0.25) is 4.79 Å². The molecule has 0 saturated heterocycles. The SMILES string of the molecule is CC.CCc1cc(NC(=O)C(C)COc2ccc(C)cc2)ccc1C. The van der Waals surface area contributed by atoms with E-state index in [1.807, 2.05) is 70.2 Å². The van der Waals surface area contributed by atoms with E-state index in [1.54, 1.807) is 0 Å². The smallest absolute Gasteiger partial charge is 0.230 e. The third-order valence-electron chi connectivity index (χ3n) is 3.97. The van der Waals surface area contributed by atoms with Crippen LogP contribution in [0.15, 0.2) is 42.5 Å². The number of hydrogen-bond acceptors (Lipinski definition) is 2. The zero-order valence-corrected chi connectivity index (χ0v) is 16.3. The van der Waals surface area contributed by atoms with Gasteiger partial charge in [-0.15, -0.1) is 0 Å². The van der Waals surface area contributed by atoms with E-state index in [-0.39, 0.29) is 11.8 Å². The molecule has 2 rings (SSSR count). The number of benzene rings is 2. The van der Waals surface area contributed by atoms with Crippen molar-refractivity contribution in [3.05, 3.63) is 59.2 Å². The molecule has 1 unspecified atom stereocenters. The van der Waals surface area contributed by atoms with Gasteiger partial charge in [0, 0.05) is 5.69 Å². The molecule has 2 aromatic rings. The summed E-state index contributed by atoms with van der Waals surface area (Å²) < 4.78 is 5.68. The summed E-state index contributed by atoms with van der Waals surface area (Å²) in [5.41, 5.74) is 4.54. The van der Waals surface area contributed by atoms with E-state index in [2.05, 4.69) is 19.2 Å². The van der Waals surface area contributed by atoms with Gasteiger partial charge >= 0.3 is 0 Å². The quantitative estimate of drug-likeness (QED) is 0.748. The molecule has 0 fully saturated rings. The summed E-state index contributed by atoms with van der Waals surface area (Å²) in [4.78, 5) is 12.3. The van der Waals surface area contributed by atoms with Crippen LogP contribution in [-0.2, 0) is 11.2 Å². The zero-order chi connectivity index (χ0) is 18.8. The van der Waals surface area contributed by atoms with Gasteiger partial charge in [-0.05, 0) is 55.7 Å². The standard InChI is InChI=1S/C20H25NO2.C2H6/c1-5-17-12-18(9-8-15(17)3)21-20(22)16(4)13-23-19-10-6-14(2)7-11-19;1-2/h6-12,16H,5,13H2,1-4H3,(H,21,22);1-2H3. The van der Waals surface area contributed by atoms with Crippen molar-refractivity contribution in [3.63, 3.8) is 0 Å². The van der Waals surface area contributed by atoms with Crippen LogP contribution in [0.5, 0.6) is 5.75 Å². The third-order valence-corrected chi connectivity index (χ3v) is 3.97. The molecule has 0 spiro atoms. The van der Waals surface area contributed by atoms with Crippen LogP contribution in [0.1, 0.15) is 44.4 Å². The number of amides is 1. The highest BCUT2D eigenvalue weighted by atomic mass is 16.5. The minimum Gasteiger partial charge on any atom is -0.493 e. The van der Waals surface area contributed by atoms with Crippen LogP contribution in [0.25, 0.3) is 0 Å². The van der Waals surface area contributed by atoms with Gasteiger partial charge in [0.25, 0.3) is 0 Å². The first kappa shape index (κ1) is 20.8. The highest BCUT2D eigenvalue weighted by Crippen LogP contribution is 2.17. The van der Waals surface area contributed by atoms with E-state index in [0.29, 0.717) is 6.61 Å². The van der Waals surface area contributed by atoms with E-state index in [1.165, 1.54) is 16.7 Å². The lowest BCUT2D eigenvalue weighted by atomic mass is 10.1. The number of anilines is 1. The second-order valence-electron chi connectivity index (χ2n) is 6.01. The lowest BCUT2D eigenvalue weighted by molar-refractivity contribution is -0.120. The van der Waals surface area contributed by atoms with Crippen molar-refractivity contribution in [2.24, 2.45) is 5.92 Å². The lowest BCUT2D eigenvalue weighted by Gasteiger charge is -2.14. The maximum Gasteiger partial charge on any atom is 0.230 e. The lowest BCUT2D eigenvalue weighted by Crippen LogP contribution is -2.25. The molecule has 136 valence electrons. The fourth-order valence-electron chi connectivity index (χ4n) is 2.33. The van der Waals surface area contributed by atoms with Gasteiger partial charge in [0.15, 0.2) is 0 Å². The summed E-state index contributed by atoms with van der Waals surface area (Å²) in [7, 11) is 0. The number of carbonyl (C=O) groups excluding carboxylic acids is 1. The Morgan fingerprint density at radius 1 is 1.08 bits per heavy atom. The van der Waals surface area contributed by atoms with E-state index in [0.717, 1.165) is 17.9 Å². The van der Waals surface area contributed by atoms with E-state index in [9.17, 15) is 4.79 Å². The van der Waals surface area contributed by atoms with Crippen molar-refractivity contribution < 1.29 is 9.53 Å². The molecule has 0 bridgehead atoms. The normalized spacial score (nSPS) is 11.1. The average molecular weight is 341 g/mol. The van der Waals surface area contributed by atoms with E-state index >= 15 is 0 Å². The Hall–Kier alpha value is -2.29. The maximum absolute atomic E-state index is 12.3. The summed E-state index contributed by atoms with van der Waals surface area (Å²) in [5, 5.41) is 2.97. The minimum atomic E-state index is -0.220. The number of hydrogen-bond donors (Lipinski definition) is 1. The second kappa shape index (κ2) is 10.5. The molecular weight excluding hydrogens is 310 g/mol. The Morgan fingerprint density at radius 3 is 2.32 bits per heavy atom. The molecule has 0 aliphatic heterocycles. The van der Waals surface area contributed by atoms with Crippen LogP contribution in [0.3, 0.4) is 0 Å². The first-order valence-corrected chi connectivity index (χ1v) is 9.09. The van der Waals surface area contributed by atoms with Crippen LogP contribution in [0, 0.1) is 19.8 Å². The highest BCUT2D eigenvalue weighted by Gasteiger charge is 2.14. The predicted octanol–water partition coefficient (Wildman–Crippen LogP) is 5.55. The van der Waals surface area contributed by atoms with Gasteiger partial charge in [-0.2, -0.15) is 0 Å². The molecule has 1 amide bonds. The summed E-state index contributed by atoms with van der Waals surface area (Å²) in [6.07, 6.45) is 0.960. The van der Waals surface area contributed by atoms with Crippen LogP contribution in [0.2, 0.25) is 0 Å². The molecular formula is C22H31NO2. The molecule has 0 aliphatic rings. The van der Waals surface area contributed by atoms with Crippen molar-refractivity contribution in [1.29, 1.82) is 0 Å². The van der Waals surface area contributed by atoms with Crippen molar-refractivity contribution in [2.75, 3.05) is 11.9 Å². The Morgan fingerprint density at radius 2 is 1.72 bits per heavy atom. The van der Waals surface area contributed by atoms with Crippen molar-refractivity contribution >= 4 is 11.6 Å². The Labute approximate surface area is 152 Å². The first-order chi connectivity index (χ1) is 12.0. The number of nitrogens with one attached hydrogen (secondary N) is 1. The molecule has 3 heteroatoms. The maximum atomic E-state index is 12.3. The van der Waals surface area contributed by atoms with E-state index < -0.39 is 0 Å². The molecule has 25 heavy (non-hydrogen) atoms. The van der Waals surface area contributed by atoms with Crippen LogP contribution < -0.4 is 10.1 Å². The topological polar surface area (TPSA) is 38.3 Å². The van der Waals surface area contributed by atoms with Crippen molar-refractivity contribution in [3.8, 4) is 5.75 Å². The monoisotopic (exact) mass is 341 g/mol. The summed E-state index contributed by atoms with van der Waals surface area (Å²) >= 11 is 0. The number of rotatable bonds is 6. The summed E-state index contributed by atoms with van der Waals surface area (Å²) in [6, 6.07) is 13.9. The molecule has 1 N–H and O–H groups in total. The van der Waals surface area contributed by atoms with Gasteiger partial charge in [0.05, 0.1) is 12.5 Å². The number of aryl methyl sites for hydroxylation is 3. The largest absolute Gasteiger partial charge is 0.493 e. The van der Waals surface area contributed by atoms with Crippen LogP contribution in [-0.4, -0.2) is 12.5 Å². The average Bonchev–Trinajstić information content (AvgIpc) is 2.64. The van der Waals surface area contributed by atoms with E-state index in [4.69, 9.17) is 4.74 Å². The molecule has 0 aromatic heterocycles. The number of carbonyl (C=O) groups is 1. The molecule has 3 nitrogen and oxygen atoms in total. The fourth-order valence-corrected chi connectivity index (χ4v) is 2.33. The van der Waals surface area contributed by atoms with Gasteiger partial charge in [0.2, 0.25) is 5.91 Å². The van der Waals surface area contributed by atoms with Gasteiger partial charge < -0.3 is 10.1 Å². The zero-order valence-electron chi connectivity index (χ0n) is 16.3. The first-order valence-electron chi connectivity index (χ1n) is 9.09. The molecule has 0 heterocycles.